The molecule has 1 saturated heterocycles. The Bertz CT molecular complexity index is 498. The molecule has 1 aromatic rings. The average molecular weight is 345 g/mol. The molecule has 2 amide bonds. The second-order valence-electron chi connectivity index (χ2n) is 5.12. The second-order valence-corrected chi connectivity index (χ2v) is 5.97. The number of urea groups is 1. The lowest BCUT2D eigenvalue weighted by molar-refractivity contribution is 0.0811. The predicted octanol–water partition coefficient (Wildman–Crippen LogP) is 3.21. The van der Waals surface area contributed by atoms with E-state index in [1.165, 1.54) is 18.2 Å². The highest BCUT2D eigenvalue weighted by molar-refractivity contribution is 9.10. The molecule has 1 heterocycles. The zero-order valence-electron chi connectivity index (χ0n) is 11.3. The van der Waals surface area contributed by atoms with Gasteiger partial charge in [-0.2, -0.15) is 0 Å². The summed E-state index contributed by atoms with van der Waals surface area (Å²) < 4.78 is 13.5. The molecular formula is C14H18BrFN2O2. The van der Waals surface area contributed by atoms with Crippen LogP contribution in [0.4, 0.5) is 14.9 Å². The van der Waals surface area contributed by atoms with Gasteiger partial charge >= 0.3 is 6.03 Å². The Hall–Kier alpha value is -1.14. The lowest BCUT2D eigenvalue weighted by Gasteiger charge is -2.38. The van der Waals surface area contributed by atoms with E-state index in [9.17, 15) is 14.3 Å². The first-order valence-electron chi connectivity index (χ1n) is 6.66. The van der Waals surface area contributed by atoms with E-state index >= 15 is 0 Å². The van der Waals surface area contributed by atoms with Crippen molar-refractivity contribution in [3.05, 3.63) is 28.5 Å². The summed E-state index contributed by atoms with van der Waals surface area (Å²) in [6.07, 6.45) is 1.94. The van der Waals surface area contributed by atoms with Crippen LogP contribution < -0.4 is 5.32 Å². The lowest BCUT2D eigenvalue weighted by Crippen LogP contribution is -2.51. The number of piperidine rings is 1. The van der Waals surface area contributed by atoms with Gasteiger partial charge < -0.3 is 15.3 Å². The maximum atomic E-state index is 13.0. The number of nitrogens with one attached hydrogen (secondary N) is 1. The van der Waals surface area contributed by atoms with Crippen molar-refractivity contribution in [1.82, 2.24) is 4.90 Å². The molecule has 20 heavy (non-hydrogen) atoms. The fourth-order valence-electron chi connectivity index (χ4n) is 2.56. The van der Waals surface area contributed by atoms with Crippen LogP contribution in [0.1, 0.15) is 19.8 Å². The van der Waals surface area contributed by atoms with Crippen molar-refractivity contribution >= 4 is 27.6 Å². The van der Waals surface area contributed by atoms with E-state index < -0.39 is 0 Å². The van der Waals surface area contributed by atoms with Gasteiger partial charge in [-0.3, -0.25) is 0 Å². The van der Waals surface area contributed by atoms with E-state index in [0.717, 1.165) is 12.8 Å². The quantitative estimate of drug-likeness (QED) is 0.865. The number of hydrogen-bond donors (Lipinski definition) is 2. The molecule has 0 unspecified atom stereocenters. The first-order chi connectivity index (χ1) is 9.52. The third-order valence-electron chi connectivity index (χ3n) is 3.74. The van der Waals surface area contributed by atoms with Crippen LogP contribution >= 0.6 is 15.9 Å². The maximum Gasteiger partial charge on any atom is 0.322 e. The molecule has 0 aromatic heterocycles. The highest BCUT2D eigenvalue weighted by atomic mass is 79.9. The summed E-state index contributed by atoms with van der Waals surface area (Å²) in [5, 5.41) is 12.2. The van der Waals surface area contributed by atoms with Gasteiger partial charge in [0.05, 0.1) is 18.3 Å². The van der Waals surface area contributed by atoms with Crippen molar-refractivity contribution in [3.63, 3.8) is 0 Å². The first-order valence-corrected chi connectivity index (χ1v) is 7.45. The molecule has 0 spiro atoms. The lowest BCUT2D eigenvalue weighted by atomic mass is 9.91. The number of halogens is 2. The molecule has 4 nitrogen and oxygen atoms in total. The van der Waals surface area contributed by atoms with E-state index in [2.05, 4.69) is 21.2 Å². The zero-order chi connectivity index (χ0) is 14.7. The summed E-state index contributed by atoms with van der Waals surface area (Å²) in [6.45, 7) is 2.62. The Balaban J connectivity index is 2.10. The number of carbonyl (C=O) groups excluding carboxylic acids is 1. The fraction of sp³-hybridized carbons (Fsp3) is 0.500. The Morgan fingerprint density at radius 2 is 2.35 bits per heavy atom. The van der Waals surface area contributed by atoms with Crippen LogP contribution in [0.5, 0.6) is 0 Å². The standard InChI is InChI=1S/C14H18BrFN2O2/c1-9-3-2-6-18(13(9)8-19)14(20)17-12-5-4-10(16)7-11(12)15/h4-5,7,9,13,19H,2-3,6,8H2,1H3,(H,17,20)/t9-,13-/m0/s1. The SMILES string of the molecule is C[C@H]1CCCN(C(=O)Nc2ccc(F)cc2Br)[C@H]1CO. The molecule has 1 aliphatic heterocycles. The van der Waals surface area contributed by atoms with Gasteiger partial charge in [0.1, 0.15) is 5.82 Å². The third-order valence-corrected chi connectivity index (χ3v) is 4.39. The van der Waals surface area contributed by atoms with Gasteiger partial charge in [-0.25, -0.2) is 9.18 Å². The number of anilines is 1. The van der Waals surface area contributed by atoms with Crippen LogP contribution in [0.2, 0.25) is 0 Å². The smallest absolute Gasteiger partial charge is 0.322 e. The van der Waals surface area contributed by atoms with E-state index in [1.807, 2.05) is 6.92 Å². The largest absolute Gasteiger partial charge is 0.394 e. The summed E-state index contributed by atoms with van der Waals surface area (Å²) in [6, 6.07) is 3.69. The molecule has 2 rings (SSSR count). The monoisotopic (exact) mass is 344 g/mol. The minimum atomic E-state index is -0.366. The number of amides is 2. The van der Waals surface area contributed by atoms with Crippen LogP contribution in [-0.2, 0) is 0 Å². The van der Waals surface area contributed by atoms with Crippen LogP contribution in [0.3, 0.4) is 0 Å². The van der Waals surface area contributed by atoms with Crippen molar-refractivity contribution < 1.29 is 14.3 Å². The molecule has 1 fully saturated rings. The van der Waals surface area contributed by atoms with E-state index in [0.29, 0.717) is 16.7 Å². The van der Waals surface area contributed by atoms with Gasteiger partial charge in [-0.05, 0) is 52.9 Å². The first kappa shape index (κ1) is 15.3. The minimum Gasteiger partial charge on any atom is -0.394 e. The fourth-order valence-corrected chi connectivity index (χ4v) is 3.01. The molecule has 0 bridgehead atoms. The molecule has 2 atom stereocenters. The molecule has 2 N–H and O–H groups in total. The van der Waals surface area contributed by atoms with Gasteiger partial charge in [-0.15, -0.1) is 0 Å². The molecular weight excluding hydrogens is 327 g/mol. The minimum absolute atomic E-state index is 0.0425. The van der Waals surface area contributed by atoms with Gasteiger partial charge in [0, 0.05) is 11.0 Å². The summed E-state index contributed by atoms with van der Waals surface area (Å²) in [5.41, 5.74) is 0.520. The Morgan fingerprint density at radius 1 is 1.60 bits per heavy atom. The molecule has 1 aliphatic rings. The number of rotatable bonds is 2. The normalized spacial score (nSPS) is 22.7. The number of carbonyl (C=O) groups is 1. The highest BCUT2D eigenvalue weighted by Gasteiger charge is 2.31. The topological polar surface area (TPSA) is 52.6 Å². The summed E-state index contributed by atoms with van der Waals surface area (Å²) >= 11 is 3.22. The number of benzene rings is 1. The number of nitrogens with zero attached hydrogens (tertiary/aromatic N) is 1. The Labute approximate surface area is 126 Å². The molecule has 1 aromatic carbocycles. The van der Waals surface area contributed by atoms with Crippen LogP contribution in [0, 0.1) is 11.7 Å². The summed E-state index contributed by atoms with van der Waals surface area (Å²) in [4.78, 5) is 14.0. The molecule has 0 saturated carbocycles. The molecule has 0 aliphatic carbocycles. The second kappa shape index (κ2) is 6.54. The Morgan fingerprint density at radius 3 is 3.00 bits per heavy atom. The average Bonchev–Trinajstić information content (AvgIpc) is 2.41. The van der Waals surface area contributed by atoms with E-state index in [4.69, 9.17) is 0 Å². The van der Waals surface area contributed by atoms with Crippen molar-refractivity contribution in [3.8, 4) is 0 Å². The number of likely N-dealkylation sites (tertiary alicyclic amines) is 1. The van der Waals surface area contributed by atoms with Crippen molar-refractivity contribution in [2.24, 2.45) is 5.92 Å². The third kappa shape index (κ3) is 3.30. The van der Waals surface area contributed by atoms with Crippen molar-refractivity contribution in [2.75, 3.05) is 18.5 Å². The number of aliphatic hydroxyl groups is 1. The molecule has 0 radical (unpaired) electrons. The van der Waals surface area contributed by atoms with Gasteiger partial charge in [0.15, 0.2) is 0 Å². The zero-order valence-corrected chi connectivity index (χ0v) is 12.9. The van der Waals surface area contributed by atoms with Crippen molar-refractivity contribution in [1.29, 1.82) is 0 Å². The number of hydrogen-bond acceptors (Lipinski definition) is 2. The Kier molecular flexibility index (Phi) is 4.99. The number of aliphatic hydroxyl groups excluding tert-OH is 1. The molecule has 6 heteroatoms. The van der Waals surface area contributed by atoms with Crippen molar-refractivity contribution in [2.45, 2.75) is 25.8 Å². The highest BCUT2D eigenvalue weighted by Crippen LogP contribution is 2.26. The summed E-state index contributed by atoms with van der Waals surface area (Å²) in [7, 11) is 0. The van der Waals surface area contributed by atoms with Gasteiger partial charge in [0.25, 0.3) is 0 Å². The molecule has 110 valence electrons. The van der Waals surface area contributed by atoms with Crippen LogP contribution in [0.15, 0.2) is 22.7 Å². The van der Waals surface area contributed by atoms with Gasteiger partial charge in [-0.1, -0.05) is 6.92 Å². The predicted molar refractivity (Wildman–Crippen MR) is 79.1 cm³/mol. The van der Waals surface area contributed by atoms with Gasteiger partial charge in [0.2, 0.25) is 0 Å². The van der Waals surface area contributed by atoms with Crippen LogP contribution in [-0.4, -0.2) is 35.2 Å². The summed E-state index contributed by atoms with van der Waals surface area (Å²) in [5.74, 6) is -0.0918. The van der Waals surface area contributed by atoms with Crippen LogP contribution in [0.25, 0.3) is 0 Å². The van der Waals surface area contributed by atoms with E-state index in [1.54, 1.807) is 4.90 Å². The maximum absolute atomic E-state index is 13.0. The van der Waals surface area contributed by atoms with E-state index in [-0.39, 0.29) is 30.4 Å².